The third kappa shape index (κ3) is 7.09. The van der Waals surface area contributed by atoms with E-state index in [4.69, 9.17) is 16.3 Å². The Morgan fingerprint density at radius 3 is 2.41 bits per heavy atom. The zero-order valence-corrected chi connectivity index (χ0v) is 17.8. The van der Waals surface area contributed by atoms with Crippen molar-refractivity contribution in [3.05, 3.63) is 65.2 Å². The molecule has 0 aliphatic carbocycles. The molecule has 5 nitrogen and oxygen atoms in total. The Balaban J connectivity index is 2.05. The molecule has 0 heterocycles. The molecule has 0 bridgehead atoms. The molecule has 2 amide bonds. The number of benzene rings is 2. The number of amides is 2. The van der Waals surface area contributed by atoms with Gasteiger partial charge < -0.3 is 15.0 Å². The number of para-hydroxylation sites is 1. The standard InChI is InChI=1S/C23H29ClN2O3/c1-3-21(23(28)25-4-2)26(17-18-11-8-9-14-20(18)24)22(27)15-10-16-29-19-12-6-5-7-13-19/h5-9,11-14,21H,3-4,10,15-17H2,1-2H3,(H,25,28)/t21-/m0/s1. The molecule has 2 rings (SSSR count). The predicted octanol–water partition coefficient (Wildman–Crippen LogP) is 4.44. The molecule has 1 atom stereocenters. The second kappa shape index (κ2) is 12.1. The van der Waals surface area contributed by atoms with E-state index in [9.17, 15) is 9.59 Å². The molecule has 0 radical (unpaired) electrons. The lowest BCUT2D eigenvalue weighted by molar-refractivity contribution is -0.141. The fraction of sp³-hybridized carbons (Fsp3) is 0.391. The van der Waals surface area contributed by atoms with Crippen LogP contribution in [0.3, 0.4) is 0 Å². The van der Waals surface area contributed by atoms with Gasteiger partial charge in [0, 0.05) is 24.5 Å². The number of halogens is 1. The quantitative estimate of drug-likeness (QED) is 0.551. The van der Waals surface area contributed by atoms with Crippen molar-refractivity contribution < 1.29 is 14.3 Å². The Kier molecular flexibility index (Phi) is 9.51. The van der Waals surface area contributed by atoms with Crippen LogP contribution >= 0.6 is 11.6 Å². The van der Waals surface area contributed by atoms with Gasteiger partial charge in [-0.15, -0.1) is 0 Å². The van der Waals surface area contributed by atoms with Crippen LogP contribution in [0.15, 0.2) is 54.6 Å². The number of hydrogen-bond donors (Lipinski definition) is 1. The van der Waals surface area contributed by atoms with Gasteiger partial charge in [0.2, 0.25) is 11.8 Å². The SMILES string of the molecule is CCNC(=O)[C@H](CC)N(Cc1ccccc1Cl)C(=O)CCCOc1ccccc1. The molecule has 0 spiro atoms. The lowest BCUT2D eigenvalue weighted by Gasteiger charge is -2.31. The van der Waals surface area contributed by atoms with Crippen LogP contribution in [0.25, 0.3) is 0 Å². The number of nitrogens with zero attached hydrogens (tertiary/aromatic N) is 1. The van der Waals surface area contributed by atoms with Crippen molar-refractivity contribution in [3.63, 3.8) is 0 Å². The zero-order valence-electron chi connectivity index (χ0n) is 17.1. The molecular formula is C23H29ClN2O3. The lowest BCUT2D eigenvalue weighted by atomic mass is 10.1. The van der Waals surface area contributed by atoms with Gasteiger partial charge in [0.25, 0.3) is 0 Å². The second-order valence-corrected chi connectivity index (χ2v) is 7.10. The molecule has 2 aromatic carbocycles. The van der Waals surface area contributed by atoms with Crippen LogP contribution in [-0.2, 0) is 16.1 Å². The molecule has 0 fully saturated rings. The molecule has 0 aromatic heterocycles. The van der Waals surface area contributed by atoms with Gasteiger partial charge in [-0.3, -0.25) is 9.59 Å². The van der Waals surface area contributed by atoms with E-state index in [1.165, 1.54) is 0 Å². The maximum atomic E-state index is 13.0. The zero-order chi connectivity index (χ0) is 21.1. The number of hydrogen-bond acceptors (Lipinski definition) is 3. The first-order chi connectivity index (χ1) is 14.1. The monoisotopic (exact) mass is 416 g/mol. The average molecular weight is 417 g/mol. The molecule has 29 heavy (non-hydrogen) atoms. The van der Waals surface area contributed by atoms with Gasteiger partial charge in [-0.05, 0) is 43.5 Å². The van der Waals surface area contributed by atoms with E-state index in [2.05, 4.69) is 5.32 Å². The minimum atomic E-state index is -0.534. The highest BCUT2D eigenvalue weighted by Crippen LogP contribution is 2.20. The predicted molar refractivity (Wildman–Crippen MR) is 116 cm³/mol. The normalized spacial score (nSPS) is 11.6. The van der Waals surface area contributed by atoms with E-state index in [0.29, 0.717) is 44.0 Å². The fourth-order valence-corrected chi connectivity index (χ4v) is 3.29. The molecule has 0 unspecified atom stereocenters. The Bertz CT molecular complexity index is 783. The summed E-state index contributed by atoms with van der Waals surface area (Å²) in [5.41, 5.74) is 0.825. The van der Waals surface area contributed by atoms with Crippen LogP contribution in [-0.4, -0.2) is 35.9 Å². The van der Waals surface area contributed by atoms with Gasteiger partial charge in [0.05, 0.1) is 6.61 Å². The smallest absolute Gasteiger partial charge is 0.242 e. The fourth-order valence-electron chi connectivity index (χ4n) is 3.10. The summed E-state index contributed by atoms with van der Waals surface area (Å²) in [4.78, 5) is 27.2. The van der Waals surface area contributed by atoms with Crippen LogP contribution < -0.4 is 10.1 Å². The van der Waals surface area contributed by atoms with Crippen molar-refractivity contribution >= 4 is 23.4 Å². The molecule has 0 aliphatic heterocycles. The van der Waals surface area contributed by atoms with Crippen LogP contribution in [0.1, 0.15) is 38.7 Å². The van der Waals surface area contributed by atoms with E-state index < -0.39 is 6.04 Å². The molecule has 156 valence electrons. The highest BCUT2D eigenvalue weighted by Gasteiger charge is 2.28. The van der Waals surface area contributed by atoms with Crippen molar-refractivity contribution in [3.8, 4) is 5.75 Å². The number of nitrogens with one attached hydrogen (secondary N) is 1. The second-order valence-electron chi connectivity index (χ2n) is 6.70. The number of rotatable bonds is 11. The summed E-state index contributed by atoms with van der Waals surface area (Å²) in [6, 6.07) is 16.4. The van der Waals surface area contributed by atoms with Crippen LogP contribution in [0.2, 0.25) is 5.02 Å². The van der Waals surface area contributed by atoms with Gasteiger partial charge in [-0.2, -0.15) is 0 Å². The molecule has 0 aliphatic rings. The Morgan fingerprint density at radius 2 is 1.76 bits per heavy atom. The van der Waals surface area contributed by atoms with Gasteiger partial charge in [-0.1, -0.05) is 54.9 Å². The molecular weight excluding hydrogens is 388 g/mol. The van der Waals surface area contributed by atoms with Crippen LogP contribution in [0.4, 0.5) is 0 Å². The summed E-state index contributed by atoms with van der Waals surface area (Å²) in [5.74, 6) is 0.553. The first-order valence-electron chi connectivity index (χ1n) is 10.0. The first-order valence-corrected chi connectivity index (χ1v) is 10.4. The van der Waals surface area contributed by atoms with Crippen molar-refractivity contribution in [2.24, 2.45) is 0 Å². The molecule has 6 heteroatoms. The van der Waals surface area contributed by atoms with Gasteiger partial charge in [0.1, 0.15) is 11.8 Å². The molecule has 0 saturated carbocycles. The minimum Gasteiger partial charge on any atom is -0.494 e. The molecule has 1 N–H and O–H groups in total. The van der Waals surface area contributed by atoms with Gasteiger partial charge in [0.15, 0.2) is 0 Å². The summed E-state index contributed by atoms with van der Waals surface area (Å²) in [6.45, 7) is 5.03. The number of likely N-dealkylation sites (N-methyl/N-ethyl adjacent to an activating group) is 1. The Morgan fingerprint density at radius 1 is 1.07 bits per heavy atom. The van der Waals surface area contributed by atoms with E-state index >= 15 is 0 Å². The van der Waals surface area contributed by atoms with Crippen LogP contribution in [0, 0.1) is 0 Å². The third-order valence-electron chi connectivity index (χ3n) is 4.58. The van der Waals surface area contributed by atoms with E-state index in [-0.39, 0.29) is 11.8 Å². The first kappa shape index (κ1) is 22.8. The molecule has 2 aromatic rings. The van der Waals surface area contributed by atoms with Crippen molar-refractivity contribution in [1.82, 2.24) is 10.2 Å². The van der Waals surface area contributed by atoms with Gasteiger partial charge in [-0.25, -0.2) is 0 Å². The summed E-state index contributed by atoms with van der Waals surface area (Å²) < 4.78 is 5.68. The number of carbonyl (C=O) groups is 2. The van der Waals surface area contributed by atoms with E-state index in [0.717, 1.165) is 11.3 Å². The third-order valence-corrected chi connectivity index (χ3v) is 4.95. The minimum absolute atomic E-state index is 0.0836. The Hall–Kier alpha value is -2.53. The topological polar surface area (TPSA) is 58.6 Å². The van der Waals surface area contributed by atoms with E-state index in [1.807, 2.05) is 62.4 Å². The maximum absolute atomic E-state index is 13.0. The lowest BCUT2D eigenvalue weighted by Crippen LogP contribution is -2.49. The average Bonchev–Trinajstić information content (AvgIpc) is 2.73. The number of carbonyl (C=O) groups excluding carboxylic acids is 2. The van der Waals surface area contributed by atoms with Gasteiger partial charge >= 0.3 is 0 Å². The van der Waals surface area contributed by atoms with Crippen molar-refractivity contribution in [2.75, 3.05) is 13.2 Å². The number of ether oxygens (including phenoxy) is 1. The Labute approximate surface area is 178 Å². The largest absolute Gasteiger partial charge is 0.494 e. The summed E-state index contributed by atoms with van der Waals surface area (Å²) >= 11 is 6.30. The van der Waals surface area contributed by atoms with E-state index in [1.54, 1.807) is 11.0 Å². The molecule has 0 saturated heterocycles. The maximum Gasteiger partial charge on any atom is 0.242 e. The summed E-state index contributed by atoms with van der Waals surface area (Å²) in [5, 5.41) is 3.42. The van der Waals surface area contributed by atoms with Crippen molar-refractivity contribution in [2.45, 2.75) is 45.7 Å². The summed E-state index contributed by atoms with van der Waals surface area (Å²) in [7, 11) is 0. The summed E-state index contributed by atoms with van der Waals surface area (Å²) in [6.07, 6.45) is 1.40. The highest BCUT2D eigenvalue weighted by molar-refractivity contribution is 6.31. The highest BCUT2D eigenvalue weighted by atomic mass is 35.5. The van der Waals surface area contributed by atoms with Crippen molar-refractivity contribution in [1.29, 1.82) is 0 Å². The van der Waals surface area contributed by atoms with Crippen LogP contribution in [0.5, 0.6) is 5.75 Å².